The molecule has 0 saturated heterocycles. The second-order valence-corrected chi connectivity index (χ2v) is 18.8. The van der Waals surface area contributed by atoms with Crippen LogP contribution in [0.25, 0.3) is 0 Å². The van der Waals surface area contributed by atoms with Crippen LogP contribution < -0.4 is 0 Å². The van der Waals surface area contributed by atoms with E-state index in [1.807, 2.05) is 12.2 Å². The predicted molar refractivity (Wildman–Crippen MR) is 185 cm³/mol. The average Bonchev–Trinajstić information content (AvgIpc) is 3.45. The molecule has 0 aromatic rings. The highest BCUT2D eigenvalue weighted by Crippen LogP contribution is 2.68. The van der Waals surface area contributed by atoms with E-state index >= 15 is 0 Å². The van der Waals surface area contributed by atoms with Crippen molar-refractivity contribution in [2.24, 2.45) is 69.0 Å². The number of ketones is 4. The molecule has 0 aromatic heterocycles. The summed E-state index contributed by atoms with van der Waals surface area (Å²) in [4.78, 5) is 48.1. The van der Waals surface area contributed by atoms with Gasteiger partial charge in [-0.25, -0.2) is 0 Å². The van der Waals surface area contributed by atoms with Crippen molar-refractivity contribution in [1.29, 1.82) is 0 Å². The third kappa shape index (κ3) is 4.99. The summed E-state index contributed by atoms with van der Waals surface area (Å²) >= 11 is 0. The quantitative estimate of drug-likeness (QED) is 0.320. The van der Waals surface area contributed by atoms with Crippen molar-refractivity contribution >= 4 is 23.1 Å². The Morgan fingerprint density at radius 1 is 0.583 bits per heavy atom. The zero-order valence-electron chi connectivity index (χ0n) is 30.4. The number of allylic oxidation sites excluding steroid dienone is 2. The van der Waals surface area contributed by atoms with Gasteiger partial charge in [-0.05, 0) is 160 Å². The Balaban J connectivity index is 0.000000152. The van der Waals surface area contributed by atoms with Gasteiger partial charge in [-0.15, -0.1) is 0 Å². The van der Waals surface area contributed by atoms with E-state index in [4.69, 9.17) is 0 Å². The van der Waals surface area contributed by atoms with Crippen molar-refractivity contribution in [3.63, 3.8) is 0 Å². The topological polar surface area (TPSA) is 109 Å². The largest absolute Gasteiger partial charge is 0.392 e. The van der Waals surface area contributed by atoms with Crippen molar-refractivity contribution in [3.05, 3.63) is 23.3 Å². The zero-order chi connectivity index (χ0) is 34.6. The lowest BCUT2D eigenvalue weighted by molar-refractivity contribution is -0.132. The van der Waals surface area contributed by atoms with Crippen LogP contribution in [-0.4, -0.2) is 45.6 Å². The minimum Gasteiger partial charge on any atom is -0.392 e. The first-order chi connectivity index (χ1) is 22.5. The molecular weight excluding hydrogens is 600 g/mol. The van der Waals surface area contributed by atoms with Gasteiger partial charge < -0.3 is 10.2 Å². The number of carbonyl (C=O) groups excluding carboxylic acids is 4. The second-order valence-electron chi connectivity index (χ2n) is 18.8. The fourth-order valence-corrected chi connectivity index (χ4v) is 14.6. The van der Waals surface area contributed by atoms with Crippen LogP contribution in [0.5, 0.6) is 0 Å². The predicted octanol–water partition coefficient (Wildman–Crippen LogP) is 7.39. The van der Waals surface area contributed by atoms with Crippen molar-refractivity contribution in [2.75, 3.05) is 0 Å². The maximum absolute atomic E-state index is 12.2. The van der Waals surface area contributed by atoms with Gasteiger partial charge in [0.1, 0.15) is 11.6 Å². The minimum absolute atomic E-state index is 0.0333. The lowest BCUT2D eigenvalue weighted by Crippen LogP contribution is -2.51. The van der Waals surface area contributed by atoms with Gasteiger partial charge in [0.15, 0.2) is 11.6 Å². The van der Waals surface area contributed by atoms with Crippen LogP contribution in [0, 0.1) is 69.0 Å². The molecule has 2 unspecified atom stereocenters. The monoisotopic (exact) mass is 660 g/mol. The van der Waals surface area contributed by atoms with E-state index in [-0.39, 0.29) is 45.1 Å². The molecule has 8 aliphatic rings. The first-order valence-corrected chi connectivity index (χ1v) is 19.4. The maximum Gasteiger partial charge on any atom is 0.155 e. The van der Waals surface area contributed by atoms with Crippen LogP contribution in [0.2, 0.25) is 0 Å². The van der Waals surface area contributed by atoms with Gasteiger partial charge in [0, 0.05) is 24.7 Å². The van der Waals surface area contributed by atoms with Gasteiger partial charge >= 0.3 is 0 Å². The Hall–Kier alpha value is -1.92. The van der Waals surface area contributed by atoms with Gasteiger partial charge in [-0.1, -0.05) is 38.8 Å². The van der Waals surface area contributed by atoms with Gasteiger partial charge in [0.05, 0.1) is 12.2 Å². The molecule has 8 aliphatic carbocycles. The van der Waals surface area contributed by atoms with E-state index < -0.39 is 12.2 Å². The number of hydrogen-bond acceptors (Lipinski definition) is 6. The van der Waals surface area contributed by atoms with Crippen LogP contribution >= 0.6 is 0 Å². The summed E-state index contributed by atoms with van der Waals surface area (Å²) in [5.41, 5.74) is 3.02. The normalized spacial score (nSPS) is 50.6. The molecule has 0 heterocycles. The highest BCUT2D eigenvalue weighted by atomic mass is 16.3. The molecule has 0 amide bonds. The Morgan fingerprint density at radius 2 is 0.958 bits per heavy atom. The Kier molecular flexibility index (Phi) is 8.50. The third-order valence-electron chi connectivity index (χ3n) is 16.9. The number of Topliss-reactive ketones (excluding diaryl/α,β-unsaturated/α-hetero) is 2. The number of aliphatic hydroxyl groups is 2. The van der Waals surface area contributed by atoms with Crippen LogP contribution in [0.1, 0.15) is 131 Å². The van der Waals surface area contributed by atoms with Gasteiger partial charge in [0.2, 0.25) is 0 Å². The summed E-state index contributed by atoms with van der Waals surface area (Å²) in [5.74, 6) is 3.89. The lowest BCUT2D eigenvalue weighted by atomic mass is 9.46. The lowest BCUT2D eigenvalue weighted by Gasteiger charge is -2.57. The number of fused-ring (bicyclic) bond motifs is 10. The third-order valence-corrected chi connectivity index (χ3v) is 16.9. The van der Waals surface area contributed by atoms with Gasteiger partial charge in [0.25, 0.3) is 0 Å². The SMILES string of the molecule is CC(=O)[C@H]1C(O)C[C@H]2[C@@H]3CCC4=CC(=O)CC[C@]4(C)[C@H]3CC[C@]12C.CC(=O)[C@H]1C(O)C[C@H]2[C@@H]3CCC4=CC(=O)CC[C@]4(C)[C@H]3CC[C@]12C. The van der Waals surface area contributed by atoms with Crippen molar-refractivity contribution in [2.45, 2.75) is 144 Å². The molecule has 6 nitrogen and oxygen atoms in total. The van der Waals surface area contributed by atoms with E-state index in [0.717, 1.165) is 77.0 Å². The van der Waals surface area contributed by atoms with Crippen molar-refractivity contribution < 1.29 is 29.4 Å². The summed E-state index contributed by atoms with van der Waals surface area (Å²) in [5, 5.41) is 21.2. The number of aliphatic hydroxyl groups excluding tert-OH is 2. The first-order valence-electron chi connectivity index (χ1n) is 19.4. The number of hydrogen-bond donors (Lipinski definition) is 2. The molecule has 0 bridgehead atoms. The van der Waals surface area contributed by atoms with E-state index in [9.17, 15) is 29.4 Å². The summed E-state index contributed by atoms with van der Waals surface area (Å²) in [6.07, 6.45) is 16.5. The molecule has 0 aromatic carbocycles. The highest BCUT2D eigenvalue weighted by Gasteiger charge is 2.63. The Morgan fingerprint density at radius 3 is 1.31 bits per heavy atom. The minimum atomic E-state index is -0.464. The molecule has 8 rings (SSSR count). The molecular formula is C42H60O6. The number of carbonyl (C=O) groups is 4. The summed E-state index contributed by atoms with van der Waals surface area (Å²) in [6, 6.07) is 0. The Labute approximate surface area is 288 Å². The molecule has 6 heteroatoms. The van der Waals surface area contributed by atoms with Crippen LogP contribution in [0.15, 0.2) is 23.3 Å². The molecule has 48 heavy (non-hydrogen) atoms. The molecule has 0 radical (unpaired) electrons. The first kappa shape index (κ1) is 34.5. The molecule has 264 valence electrons. The standard InChI is InChI=1S/2C21H30O3/c2*1-12(22)19-18(24)11-17-15-5-4-13-10-14(23)6-8-20(13,2)16(15)7-9-21(17,19)3/h2*10,15-19,24H,4-9,11H2,1-3H3/t2*15-,16+,17+,18?,19+,20+,21+/m11/s1. The smallest absolute Gasteiger partial charge is 0.155 e. The van der Waals surface area contributed by atoms with E-state index in [1.165, 1.54) is 11.1 Å². The summed E-state index contributed by atoms with van der Waals surface area (Å²) in [7, 11) is 0. The van der Waals surface area contributed by atoms with Gasteiger partial charge in [-0.2, -0.15) is 0 Å². The van der Waals surface area contributed by atoms with E-state index in [0.29, 0.717) is 59.9 Å². The molecule has 0 spiro atoms. The van der Waals surface area contributed by atoms with Crippen LogP contribution in [0.3, 0.4) is 0 Å². The molecule has 6 fully saturated rings. The molecule has 0 aliphatic heterocycles. The summed E-state index contributed by atoms with van der Waals surface area (Å²) < 4.78 is 0. The fourth-order valence-electron chi connectivity index (χ4n) is 14.6. The van der Waals surface area contributed by atoms with Crippen LogP contribution in [-0.2, 0) is 19.2 Å². The Bertz CT molecular complexity index is 1350. The average molecular weight is 661 g/mol. The molecule has 2 N–H and O–H groups in total. The van der Waals surface area contributed by atoms with E-state index in [1.54, 1.807) is 13.8 Å². The maximum atomic E-state index is 12.2. The van der Waals surface area contributed by atoms with Gasteiger partial charge in [-0.3, -0.25) is 19.2 Å². The summed E-state index contributed by atoms with van der Waals surface area (Å²) in [6.45, 7) is 12.6. The molecule has 6 saturated carbocycles. The molecule has 14 atom stereocenters. The zero-order valence-corrected chi connectivity index (χ0v) is 30.4. The number of rotatable bonds is 2. The highest BCUT2D eigenvalue weighted by molar-refractivity contribution is 5.92. The fraction of sp³-hybridized carbons (Fsp3) is 0.810. The van der Waals surface area contributed by atoms with Crippen molar-refractivity contribution in [1.82, 2.24) is 0 Å². The second kappa shape index (κ2) is 11.8. The van der Waals surface area contributed by atoms with Crippen LogP contribution in [0.4, 0.5) is 0 Å². The van der Waals surface area contributed by atoms with Crippen molar-refractivity contribution in [3.8, 4) is 0 Å². The van der Waals surface area contributed by atoms with E-state index in [2.05, 4.69) is 27.7 Å².